The molecule has 0 radical (unpaired) electrons. The van der Waals surface area contributed by atoms with Crippen LogP contribution in [0.4, 0.5) is 4.79 Å². The van der Waals surface area contributed by atoms with Gasteiger partial charge in [-0.15, -0.1) is 0 Å². The number of hydrogen-bond acceptors (Lipinski definition) is 4. The second-order valence-corrected chi connectivity index (χ2v) is 6.12. The summed E-state index contributed by atoms with van der Waals surface area (Å²) in [6, 6.07) is 8.57. The highest BCUT2D eigenvalue weighted by Crippen LogP contribution is 2.16. The van der Waals surface area contributed by atoms with Crippen molar-refractivity contribution in [2.45, 2.75) is 44.8 Å². The lowest BCUT2D eigenvalue weighted by Crippen LogP contribution is -2.40. The van der Waals surface area contributed by atoms with Gasteiger partial charge in [0.25, 0.3) is 0 Å². The number of carbonyl (C=O) groups is 3. The van der Waals surface area contributed by atoms with Gasteiger partial charge in [0.2, 0.25) is 0 Å². The van der Waals surface area contributed by atoms with Crippen LogP contribution in [0.5, 0.6) is 0 Å². The molecule has 0 unspecified atom stereocenters. The van der Waals surface area contributed by atoms with Crippen molar-refractivity contribution in [2.75, 3.05) is 0 Å². The van der Waals surface area contributed by atoms with Crippen LogP contribution < -0.4 is 5.32 Å². The number of carboxylic acids is 1. The zero-order valence-electron chi connectivity index (χ0n) is 14.5. The van der Waals surface area contributed by atoms with Crippen LogP contribution >= 0.6 is 0 Å². The molecule has 1 atom stereocenters. The SMILES string of the molecule is O=C(O)CCCCCC1=C[C@@H](NC(=O)OCc2ccccc2)C(=O)C=C1. The van der Waals surface area contributed by atoms with Crippen molar-refractivity contribution in [1.82, 2.24) is 5.32 Å². The second-order valence-electron chi connectivity index (χ2n) is 6.12. The van der Waals surface area contributed by atoms with Crippen molar-refractivity contribution in [2.24, 2.45) is 0 Å². The smallest absolute Gasteiger partial charge is 0.408 e. The summed E-state index contributed by atoms with van der Waals surface area (Å²) in [6.45, 7) is 0.142. The lowest BCUT2D eigenvalue weighted by atomic mass is 9.97. The average Bonchev–Trinajstić information content (AvgIpc) is 2.63. The highest BCUT2D eigenvalue weighted by molar-refractivity contribution is 5.99. The van der Waals surface area contributed by atoms with Crippen molar-refractivity contribution in [1.29, 1.82) is 0 Å². The Bertz CT molecular complexity index is 693. The molecule has 1 aromatic carbocycles. The largest absolute Gasteiger partial charge is 0.481 e. The molecule has 2 rings (SSSR count). The summed E-state index contributed by atoms with van der Waals surface area (Å²) >= 11 is 0. The lowest BCUT2D eigenvalue weighted by molar-refractivity contribution is -0.137. The minimum Gasteiger partial charge on any atom is -0.481 e. The van der Waals surface area contributed by atoms with Crippen LogP contribution in [0.15, 0.2) is 54.1 Å². The molecule has 138 valence electrons. The van der Waals surface area contributed by atoms with Gasteiger partial charge in [0.05, 0.1) is 0 Å². The standard InChI is InChI=1S/C20H23NO5/c22-18-12-11-15(7-3-2-6-10-19(23)24)13-17(18)21-20(25)26-14-16-8-4-1-5-9-16/h1,4-5,8-9,11-13,17H,2-3,6-7,10,14H2,(H,21,25)(H,23,24)/t17-/m1/s1. The van der Waals surface area contributed by atoms with Gasteiger partial charge in [0, 0.05) is 6.42 Å². The van der Waals surface area contributed by atoms with E-state index in [1.54, 1.807) is 12.2 Å². The molecule has 26 heavy (non-hydrogen) atoms. The zero-order chi connectivity index (χ0) is 18.8. The van der Waals surface area contributed by atoms with Gasteiger partial charge in [-0.2, -0.15) is 0 Å². The number of ether oxygens (including phenoxy) is 1. The van der Waals surface area contributed by atoms with Crippen LogP contribution in [0.2, 0.25) is 0 Å². The number of ketones is 1. The topological polar surface area (TPSA) is 92.7 Å². The first-order valence-electron chi connectivity index (χ1n) is 8.66. The van der Waals surface area contributed by atoms with E-state index in [1.807, 2.05) is 30.3 Å². The Hall–Kier alpha value is -2.89. The summed E-state index contributed by atoms with van der Waals surface area (Å²) in [7, 11) is 0. The first-order valence-corrected chi connectivity index (χ1v) is 8.66. The third-order valence-electron chi connectivity index (χ3n) is 3.99. The van der Waals surface area contributed by atoms with E-state index in [2.05, 4.69) is 5.32 Å². The van der Waals surface area contributed by atoms with Gasteiger partial charge in [-0.05, 0) is 36.5 Å². The maximum atomic E-state index is 11.9. The van der Waals surface area contributed by atoms with Gasteiger partial charge in [0.15, 0.2) is 5.78 Å². The fraction of sp³-hybridized carbons (Fsp3) is 0.350. The van der Waals surface area contributed by atoms with E-state index in [4.69, 9.17) is 9.84 Å². The van der Waals surface area contributed by atoms with Crippen LogP contribution in [0.3, 0.4) is 0 Å². The van der Waals surface area contributed by atoms with E-state index < -0.39 is 18.1 Å². The molecule has 0 heterocycles. The number of aliphatic carboxylic acids is 1. The third kappa shape index (κ3) is 6.93. The molecular weight excluding hydrogens is 334 g/mol. The number of allylic oxidation sites excluding steroid dienone is 2. The van der Waals surface area contributed by atoms with E-state index in [-0.39, 0.29) is 18.8 Å². The number of carbonyl (C=O) groups excluding carboxylic acids is 2. The second kappa shape index (κ2) is 10.2. The van der Waals surface area contributed by atoms with E-state index in [9.17, 15) is 14.4 Å². The van der Waals surface area contributed by atoms with Gasteiger partial charge >= 0.3 is 12.1 Å². The van der Waals surface area contributed by atoms with Gasteiger partial charge in [-0.1, -0.05) is 48.9 Å². The molecule has 0 spiro atoms. The number of benzene rings is 1. The Morgan fingerprint density at radius 2 is 1.85 bits per heavy atom. The van der Waals surface area contributed by atoms with Crippen molar-refractivity contribution in [3.8, 4) is 0 Å². The first-order chi connectivity index (χ1) is 12.5. The summed E-state index contributed by atoms with van der Waals surface area (Å²) in [5, 5.41) is 11.2. The van der Waals surface area contributed by atoms with E-state index in [0.717, 1.165) is 30.4 Å². The Morgan fingerprint density at radius 1 is 1.08 bits per heavy atom. The molecule has 0 saturated heterocycles. The van der Waals surface area contributed by atoms with Gasteiger partial charge < -0.3 is 15.2 Å². The Morgan fingerprint density at radius 3 is 2.58 bits per heavy atom. The van der Waals surface area contributed by atoms with Gasteiger partial charge in [-0.3, -0.25) is 9.59 Å². The third-order valence-corrected chi connectivity index (χ3v) is 3.99. The van der Waals surface area contributed by atoms with Crippen LogP contribution in [0.1, 0.15) is 37.7 Å². The highest BCUT2D eigenvalue weighted by Gasteiger charge is 2.20. The minimum atomic E-state index is -0.786. The predicted octanol–water partition coefficient (Wildman–Crippen LogP) is 3.38. The number of unbranched alkanes of at least 4 members (excludes halogenated alkanes) is 2. The van der Waals surface area contributed by atoms with Crippen molar-refractivity contribution in [3.63, 3.8) is 0 Å². The van der Waals surface area contributed by atoms with Crippen molar-refractivity contribution in [3.05, 3.63) is 59.7 Å². The normalized spacial score (nSPS) is 16.1. The molecule has 0 aromatic heterocycles. The summed E-state index contributed by atoms with van der Waals surface area (Å²) in [5.74, 6) is -0.984. The molecule has 0 aliphatic heterocycles. The van der Waals surface area contributed by atoms with Crippen molar-refractivity contribution >= 4 is 17.8 Å². The minimum absolute atomic E-state index is 0.142. The molecule has 1 aliphatic rings. The summed E-state index contributed by atoms with van der Waals surface area (Å²) in [5.41, 5.74) is 1.82. The fourth-order valence-corrected chi connectivity index (χ4v) is 2.60. The van der Waals surface area contributed by atoms with Gasteiger partial charge in [-0.25, -0.2) is 4.79 Å². The number of nitrogens with one attached hydrogen (secondary N) is 1. The number of carboxylic acid groups (broad SMARTS) is 1. The van der Waals surface area contributed by atoms with Crippen LogP contribution in [-0.4, -0.2) is 29.0 Å². The number of rotatable bonds is 9. The molecule has 0 fully saturated rings. The summed E-state index contributed by atoms with van der Waals surface area (Å²) in [4.78, 5) is 34.3. The van der Waals surface area contributed by atoms with Crippen molar-refractivity contribution < 1.29 is 24.2 Å². The lowest BCUT2D eigenvalue weighted by Gasteiger charge is -2.17. The average molecular weight is 357 g/mol. The molecule has 0 bridgehead atoms. The number of hydrogen-bond donors (Lipinski definition) is 2. The molecule has 0 saturated carbocycles. The predicted molar refractivity (Wildman–Crippen MR) is 96.5 cm³/mol. The number of amides is 1. The Balaban J connectivity index is 1.76. The first kappa shape index (κ1) is 19.4. The zero-order valence-corrected chi connectivity index (χ0v) is 14.5. The van der Waals surface area contributed by atoms with Gasteiger partial charge in [0.1, 0.15) is 12.6 Å². The maximum absolute atomic E-state index is 11.9. The van der Waals surface area contributed by atoms with E-state index in [1.165, 1.54) is 6.08 Å². The molecule has 1 amide bonds. The molecule has 6 heteroatoms. The fourth-order valence-electron chi connectivity index (χ4n) is 2.60. The molecular formula is C20H23NO5. The molecule has 1 aliphatic carbocycles. The van der Waals surface area contributed by atoms with Crippen LogP contribution in [0, 0.1) is 0 Å². The Kier molecular flexibility index (Phi) is 7.61. The summed E-state index contributed by atoms with van der Waals surface area (Å²) in [6.07, 6.45) is 7.47. The van der Waals surface area contributed by atoms with E-state index >= 15 is 0 Å². The monoisotopic (exact) mass is 357 g/mol. The Labute approximate surface area is 152 Å². The quantitative estimate of drug-likeness (QED) is 0.661. The van der Waals surface area contributed by atoms with E-state index in [0.29, 0.717) is 6.42 Å². The molecule has 1 aromatic rings. The van der Waals surface area contributed by atoms with Crippen LogP contribution in [0.25, 0.3) is 0 Å². The summed E-state index contributed by atoms with van der Waals surface area (Å²) < 4.78 is 5.14. The highest BCUT2D eigenvalue weighted by atomic mass is 16.5. The molecule has 2 N–H and O–H groups in total. The molecule has 6 nitrogen and oxygen atoms in total. The maximum Gasteiger partial charge on any atom is 0.408 e. The van der Waals surface area contributed by atoms with Crippen LogP contribution in [-0.2, 0) is 20.9 Å². The number of alkyl carbamates (subject to hydrolysis) is 1.